The third-order valence-corrected chi connectivity index (χ3v) is 4.39. The molecule has 4 nitrogen and oxygen atoms in total. The van der Waals surface area contributed by atoms with E-state index >= 15 is 0 Å². The highest BCUT2D eigenvalue weighted by atomic mass is 32.1. The van der Waals surface area contributed by atoms with Crippen LogP contribution in [0.3, 0.4) is 0 Å². The molecule has 0 spiro atoms. The number of hydrogen-bond donors (Lipinski definition) is 1. The number of hydrogen-bond acceptors (Lipinski definition) is 4. The molecule has 0 saturated carbocycles. The molecule has 130 valence electrons. The first-order chi connectivity index (χ1) is 11.8. The molecule has 0 aliphatic heterocycles. The molecule has 1 amide bonds. The second-order valence-corrected chi connectivity index (χ2v) is 6.51. The van der Waals surface area contributed by atoms with Crippen molar-refractivity contribution >= 4 is 22.4 Å². The lowest BCUT2D eigenvalue weighted by molar-refractivity contribution is -0.137. The molecule has 1 aromatic carbocycles. The molecule has 0 unspecified atom stereocenters. The Labute approximate surface area is 145 Å². The predicted molar refractivity (Wildman–Crippen MR) is 87.8 cm³/mol. The van der Waals surface area contributed by atoms with Crippen LogP contribution in [0.4, 0.5) is 18.3 Å². The number of carbonyl (C=O) groups excluding carboxylic acids is 1. The van der Waals surface area contributed by atoms with Crippen molar-refractivity contribution in [2.75, 3.05) is 5.32 Å². The van der Waals surface area contributed by atoms with Crippen LogP contribution in [-0.2, 0) is 12.6 Å². The number of halogens is 3. The number of nitrogens with one attached hydrogen (secondary N) is 1. The van der Waals surface area contributed by atoms with Gasteiger partial charge in [-0.15, -0.1) is 11.3 Å². The van der Waals surface area contributed by atoms with Crippen molar-refractivity contribution in [2.24, 2.45) is 0 Å². The standard InChI is InChI=1S/C17H13F3N2O2S/c1-10-5-6-24-14(10)15(23)22-16-21-9-13(25-16)8-11-3-2-4-12(7-11)17(18,19)20/h2-7,9H,8H2,1H3,(H,21,22,23). The summed E-state index contributed by atoms with van der Waals surface area (Å²) in [7, 11) is 0. The second-order valence-electron chi connectivity index (χ2n) is 5.39. The molecule has 0 bridgehead atoms. The van der Waals surface area contributed by atoms with E-state index < -0.39 is 17.6 Å². The van der Waals surface area contributed by atoms with Crippen LogP contribution in [0.1, 0.15) is 32.1 Å². The molecule has 3 rings (SSSR count). The number of rotatable bonds is 4. The molecular weight excluding hydrogens is 353 g/mol. The molecule has 3 aromatic rings. The van der Waals surface area contributed by atoms with E-state index in [9.17, 15) is 18.0 Å². The maximum absolute atomic E-state index is 12.8. The number of amides is 1. The van der Waals surface area contributed by atoms with Gasteiger partial charge in [-0.25, -0.2) is 4.98 Å². The van der Waals surface area contributed by atoms with E-state index in [2.05, 4.69) is 10.3 Å². The number of alkyl halides is 3. The highest BCUT2D eigenvalue weighted by molar-refractivity contribution is 7.15. The third kappa shape index (κ3) is 4.08. The number of furan rings is 1. The Morgan fingerprint density at radius 1 is 1.32 bits per heavy atom. The Morgan fingerprint density at radius 2 is 2.12 bits per heavy atom. The minimum atomic E-state index is -4.37. The average molecular weight is 366 g/mol. The summed E-state index contributed by atoms with van der Waals surface area (Å²) < 4.78 is 43.4. The molecular formula is C17H13F3N2O2S. The lowest BCUT2D eigenvalue weighted by Gasteiger charge is -2.07. The first kappa shape index (κ1) is 17.2. The summed E-state index contributed by atoms with van der Waals surface area (Å²) in [5.41, 5.74) is 0.549. The molecule has 0 fully saturated rings. The summed E-state index contributed by atoms with van der Waals surface area (Å²) in [6.45, 7) is 1.75. The van der Waals surface area contributed by atoms with Crippen molar-refractivity contribution in [3.05, 3.63) is 70.1 Å². The topological polar surface area (TPSA) is 55.1 Å². The van der Waals surface area contributed by atoms with Crippen molar-refractivity contribution in [2.45, 2.75) is 19.5 Å². The maximum Gasteiger partial charge on any atom is 0.416 e. The quantitative estimate of drug-likeness (QED) is 0.714. The van der Waals surface area contributed by atoms with Crippen LogP contribution in [-0.4, -0.2) is 10.9 Å². The molecule has 0 aliphatic carbocycles. The van der Waals surface area contributed by atoms with Crippen LogP contribution in [0.25, 0.3) is 0 Å². The van der Waals surface area contributed by atoms with Crippen LogP contribution in [0.15, 0.2) is 47.2 Å². The molecule has 0 radical (unpaired) electrons. The van der Waals surface area contributed by atoms with Gasteiger partial charge in [0.1, 0.15) is 0 Å². The Bertz CT molecular complexity index is 899. The van der Waals surface area contributed by atoms with Gasteiger partial charge in [0.2, 0.25) is 0 Å². The average Bonchev–Trinajstić information content (AvgIpc) is 3.16. The summed E-state index contributed by atoms with van der Waals surface area (Å²) in [5.74, 6) is -0.211. The molecule has 0 aliphatic rings. The van der Waals surface area contributed by atoms with Gasteiger partial charge in [0.05, 0.1) is 11.8 Å². The SMILES string of the molecule is Cc1ccoc1C(=O)Nc1ncc(Cc2cccc(C(F)(F)F)c2)s1. The molecule has 2 heterocycles. The van der Waals surface area contributed by atoms with E-state index in [0.717, 1.165) is 17.0 Å². The number of thiazole rings is 1. The molecule has 2 aromatic heterocycles. The summed E-state index contributed by atoms with van der Waals surface area (Å²) in [6, 6.07) is 6.83. The lowest BCUT2D eigenvalue weighted by Crippen LogP contribution is -2.11. The van der Waals surface area contributed by atoms with E-state index in [4.69, 9.17) is 4.42 Å². The summed E-state index contributed by atoms with van der Waals surface area (Å²) in [5, 5.41) is 2.99. The van der Waals surface area contributed by atoms with Gasteiger partial charge in [0.15, 0.2) is 10.9 Å². The van der Waals surface area contributed by atoms with E-state index in [1.807, 2.05) is 0 Å². The smallest absolute Gasteiger partial charge is 0.416 e. The number of benzene rings is 1. The zero-order valence-corrected chi connectivity index (χ0v) is 13.9. The first-order valence-corrected chi connectivity index (χ1v) is 8.11. The Balaban J connectivity index is 1.70. The zero-order valence-electron chi connectivity index (χ0n) is 13.1. The number of nitrogens with zero attached hydrogens (tertiary/aromatic N) is 1. The summed E-state index contributed by atoms with van der Waals surface area (Å²) in [4.78, 5) is 16.9. The van der Waals surface area contributed by atoms with Crippen LogP contribution in [0.2, 0.25) is 0 Å². The van der Waals surface area contributed by atoms with Crippen molar-refractivity contribution in [1.82, 2.24) is 4.98 Å². The normalized spacial score (nSPS) is 11.5. The summed E-state index contributed by atoms with van der Waals surface area (Å²) >= 11 is 1.21. The number of aryl methyl sites for hydroxylation is 1. The molecule has 25 heavy (non-hydrogen) atoms. The molecule has 8 heteroatoms. The Hall–Kier alpha value is -2.61. The minimum Gasteiger partial charge on any atom is -0.459 e. The van der Waals surface area contributed by atoms with Crippen molar-refractivity contribution in [3.8, 4) is 0 Å². The van der Waals surface area contributed by atoms with Gasteiger partial charge < -0.3 is 4.42 Å². The van der Waals surface area contributed by atoms with E-state index in [1.54, 1.807) is 19.1 Å². The van der Waals surface area contributed by atoms with Crippen molar-refractivity contribution in [1.29, 1.82) is 0 Å². The highest BCUT2D eigenvalue weighted by Gasteiger charge is 2.30. The van der Waals surface area contributed by atoms with Crippen LogP contribution < -0.4 is 5.32 Å². The summed E-state index contributed by atoms with van der Waals surface area (Å²) in [6.07, 6.45) is -1.11. The fourth-order valence-corrected chi connectivity index (χ4v) is 3.11. The van der Waals surface area contributed by atoms with Crippen LogP contribution >= 0.6 is 11.3 Å². The van der Waals surface area contributed by atoms with Gasteiger partial charge in [-0.1, -0.05) is 18.2 Å². The highest BCUT2D eigenvalue weighted by Crippen LogP contribution is 2.30. The molecule has 0 atom stereocenters. The van der Waals surface area contributed by atoms with Gasteiger partial charge in [0.25, 0.3) is 5.91 Å². The first-order valence-electron chi connectivity index (χ1n) is 7.29. The second kappa shape index (κ2) is 6.72. The predicted octanol–water partition coefficient (Wildman–Crippen LogP) is 4.91. The van der Waals surface area contributed by atoms with Gasteiger partial charge in [-0.05, 0) is 24.6 Å². The van der Waals surface area contributed by atoms with E-state index in [-0.39, 0.29) is 5.76 Å². The van der Waals surface area contributed by atoms with Gasteiger partial charge in [0, 0.05) is 23.1 Å². The minimum absolute atomic E-state index is 0.203. The van der Waals surface area contributed by atoms with Crippen LogP contribution in [0.5, 0.6) is 0 Å². The van der Waals surface area contributed by atoms with Gasteiger partial charge >= 0.3 is 6.18 Å². The van der Waals surface area contributed by atoms with Crippen molar-refractivity contribution in [3.63, 3.8) is 0 Å². The van der Waals surface area contributed by atoms with Gasteiger partial charge in [-0.2, -0.15) is 13.2 Å². The van der Waals surface area contributed by atoms with E-state index in [1.165, 1.54) is 29.9 Å². The largest absolute Gasteiger partial charge is 0.459 e. The monoisotopic (exact) mass is 366 g/mol. The Morgan fingerprint density at radius 3 is 2.80 bits per heavy atom. The molecule has 0 saturated heterocycles. The van der Waals surface area contributed by atoms with Gasteiger partial charge in [-0.3, -0.25) is 10.1 Å². The van der Waals surface area contributed by atoms with E-state index in [0.29, 0.717) is 22.7 Å². The third-order valence-electron chi connectivity index (χ3n) is 3.48. The lowest BCUT2D eigenvalue weighted by atomic mass is 10.1. The zero-order chi connectivity index (χ0) is 18.0. The number of anilines is 1. The maximum atomic E-state index is 12.8. The van der Waals surface area contributed by atoms with Crippen LogP contribution in [0, 0.1) is 6.92 Å². The Kier molecular flexibility index (Phi) is 4.63. The number of carbonyl (C=O) groups is 1. The van der Waals surface area contributed by atoms with Crippen molar-refractivity contribution < 1.29 is 22.4 Å². The fourth-order valence-electron chi connectivity index (χ4n) is 2.27. The molecule has 1 N–H and O–H groups in total. The fraction of sp³-hybridized carbons (Fsp3) is 0.176. The number of aromatic nitrogens is 1.